The molecule has 0 amide bonds. The lowest BCUT2D eigenvalue weighted by Gasteiger charge is -2.38. The molecule has 9 nitrogen and oxygen atoms in total. The number of pyridine rings is 1. The molecule has 2 atom stereocenters. The van der Waals surface area contributed by atoms with Crippen molar-refractivity contribution in [2.75, 3.05) is 71.2 Å². The lowest BCUT2D eigenvalue weighted by Crippen LogP contribution is -2.44. The number of benzene rings is 2. The van der Waals surface area contributed by atoms with E-state index in [9.17, 15) is 0 Å². The molecule has 1 saturated carbocycles. The van der Waals surface area contributed by atoms with Gasteiger partial charge in [-0.2, -0.15) is 9.97 Å². The van der Waals surface area contributed by atoms with Crippen molar-refractivity contribution in [1.82, 2.24) is 25.2 Å². The topological polar surface area (TPSA) is 84.9 Å². The van der Waals surface area contributed by atoms with Crippen molar-refractivity contribution in [3.05, 3.63) is 47.7 Å². The van der Waals surface area contributed by atoms with E-state index in [-0.39, 0.29) is 29.6 Å². The highest BCUT2D eigenvalue weighted by atomic mass is 28.3. The molecule has 1 N–H and O–H groups in total. The molecule has 2 bridgehead atoms. The summed E-state index contributed by atoms with van der Waals surface area (Å²) in [6, 6.07) is 6.78. The van der Waals surface area contributed by atoms with Crippen LogP contribution in [0.1, 0.15) is 66.4 Å². The van der Waals surface area contributed by atoms with Gasteiger partial charge in [0.15, 0.2) is 12.6 Å². The number of piperazine rings is 1. The molecule has 2 aromatic carbocycles. The van der Waals surface area contributed by atoms with Gasteiger partial charge in [-0.1, -0.05) is 53.5 Å². The van der Waals surface area contributed by atoms with Crippen LogP contribution in [0.3, 0.4) is 0 Å². The zero-order valence-corrected chi connectivity index (χ0v) is 34.5. The van der Waals surface area contributed by atoms with Gasteiger partial charge in [0.2, 0.25) is 0 Å². The predicted molar refractivity (Wildman–Crippen MR) is 218 cm³/mol. The van der Waals surface area contributed by atoms with Gasteiger partial charge in [-0.15, -0.1) is 5.54 Å². The van der Waals surface area contributed by atoms with E-state index in [2.05, 4.69) is 68.1 Å². The van der Waals surface area contributed by atoms with Crippen LogP contribution in [0.5, 0.6) is 11.8 Å². The van der Waals surface area contributed by atoms with Crippen LogP contribution in [0.2, 0.25) is 16.6 Å². The van der Waals surface area contributed by atoms with Gasteiger partial charge in [0, 0.05) is 70.1 Å². The maximum Gasteiger partial charge on any atom is 0.319 e. The number of nitrogens with one attached hydrogen (secondary N) is 1. The third-order valence-corrected chi connectivity index (χ3v) is 18.6. The largest absolute Gasteiger partial charge is 0.468 e. The molecule has 0 spiro atoms. The maximum absolute atomic E-state index is 17.5. The second-order valence-corrected chi connectivity index (χ2v) is 22.2. The van der Waals surface area contributed by atoms with Crippen LogP contribution in [-0.4, -0.2) is 94.2 Å². The number of anilines is 1. The molecule has 1 aliphatic carbocycles. The molecule has 7 rings (SSSR count). The fourth-order valence-electron chi connectivity index (χ4n) is 9.63. The molecule has 294 valence electrons. The molecule has 2 saturated heterocycles. The summed E-state index contributed by atoms with van der Waals surface area (Å²) >= 11 is 0. The number of halogens is 2. The fraction of sp³-hybridized carbons (Fsp3) is 0.558. The van der Waals surface area contributed by atoms with Crippen LogP contribution in [0, 0.1) is 34.9 Å². The Labute approximate surface area is 325 Å². The van der Waals surface area contributed by atoms with E-state index in [1.54, 1.807) is 25.4 Å². The number of ether oxygens (including phenoxy) is 3. The summed E-state index contributed by atoms with van der Waals surface area (Å²) in [6.45, 7) is 19.9. The number of hydrogen-bond donors (Lipinski definition) is 1. The Hall–Kier alpha value is -3.89. The molecule has 12 heteroatoms. The molecular weight excluding hydrogens is 715 g/mol. The quantitative estimate of drug-likeness (QED) is 0.0871. The van der Waals surface area contributed by atoms with Crippen LogP contribution in [0.15, 0.2) is 30.5 Å². The average Bonchev–Trinajstić information content (AvgIpc) is 3.51. The standard InChI is InChI=1S/C43H56F2N6O3Si/c1-27(2)55(28(3)4,29(5)6)19-12-34-37(44)11-10-32-21-33(54-26-52-7)22-35(38(32)34)40-39(45)41-36(23-47-40)42(51-24-30-8-9-31(20-30)25-51)49-43(48-41)53-18-17-50-15-13-46-14-16-50/h10-11,21-23,27-31,46H,8-9,13-18,20,24-26H2,1-7H3. The Kier molecular flexibility index (Phi) is 11.9. The summed E-state index contributed by atoms with van der Waals surface area (Å²) < 4.78 is 51.0. The van der Waals surface area contributed by atoms with E-state index in [1.807, 2.05) is 6.07 Å². The highest BCUT2D eigenvalue weighted by Crippen LogP contribution is 2.43. The van der Waals surface area contributed by atoms with Crippen molar-refractivity contribution >= 4 is 35.6 Å². The average molecular weight is 771 g/mol. The third kappa shape index (κ3) is 7.91. The van der Waals surface area contributed by atoms with Crippen molar-refractivity contribution in [3.8, 4) is 34.5 Å². The molecule has 0 radical (unpaired) electrons. The lowest BCUT2D eigenvalue weighted by atomic mass is 9.95. The molecule has 2 aromatic heterocycles. The molecule has 2 unspecified atom stereocenters. The first-order chi connectivity index (χ1) is 26.5. The van der Waals surface area contributed by atoms with Gasteiger partial charge in [0.25, 0.3) is 0 Å². The van der Waals surface area contributed by atoms with E-state index in [4.69, 9.17) is 29.2 Å². The Bertz CT molecular complexity index is 2050. The summed E-state index contributed by atoms with van der Waals surface area (Å²) in [4.78, 5) is 19.0. The second kappa shape index (κ2) is 16.7. The Morgan fingerprint density at radius 3 is 2.33 bits per heavy atom. The van der Waals surface area contributed by atoms with Gasteiger partial charge in [-0.05, 0) is 71.3 Å². The molecular formula is C43H56F2N6O3Si. The first-order valence-corrected chi connectivity index (χ1v) is 22.3. The number of piperidine rings is 1. The third-order valence-electron chi connectivity index (χ3n) is 12.3. The van der Waals surface area contributed by atoms with E-state index < -0.39 is 19.7 Å². The summed E-state index contributed by atoms with van der Waals surface area (Å²) in [5.41, 5.74) is 5.50. The normalized spacial score (nSPS) is 19.2. The van der Waals surface area contributed by atoms with E-state index in [0.29, 0.717) is 68.4 Å². The summed E-state index contributed by atoms with van der Waals surface area (Å²) in [5, 5.41) is 5.05. The minimum absolute atomic E-state index is 0.0131. The molecule has 3 aliphatic rings. The van der Waals surface area contributed by atoms with Gasteiger partial charge in [0.1, 0.15) is 43.3 Å². The van der Waals surface area contributed by atoms with Gasteiger partial charge in [-0.25, -0.2) is 8.78 Å². The minimum atomic E-state index is -2.25. The zero-order valence-electron chi connectivity index (χ0n) is 33.5. The number of fused-ring (bicyclic) bond motifs is 4. The van der Waals surface area contributed by atoms with Crippen molar-refractivity contribution in [3.63, 3.8) is 0 Å². The number of aromatic nitrogens is 3. The summed E-state index contributed by atoms with van der Waals surface area (Å²) in [7, 11) is -0.711. The number of methoxy groups -OCH3 is 1. The summed E-state index contributed by atoms with van der Waals surface area (Å²) in [5.74, 6) is 4.52. The number of rotatable bonds is 12. The maximum atomic E-state index is 17.5. The van der Waals surface area contributed by atoms with Crippen LogP contribution in [0.4, 0.5) is 14.6 Å². The van der Waals surface area contributed by atoms with Gasteiger partial charge >= 0.3 is 6.01 Å². The second-order valence-electron chi connectivity index (χ2n) is 16.6. The molecule has 2 aliphatic heterocycles. The van der Waals surface area contributed by atoms with E-state index in [0.717, 1.165) is 45.8 Å². The Balaban J connectivity index is 1.40. The zero-order chi connectivity index (χ0) is 38.9. The first-order valence-electron chi connectivity index (χ1n) is 20.1. The Morgan fingerprint density at radius 1 is 0.945 bits per heavy atom. The van der Waals surface area contributed by atoms with Gasteiger partial charge in [0.05, 0.1) is 10.9 Å². The highest BCUT2D eigenvalue weighted by Gasteiger charge is 2.42. The fourth-order valence-corrected chi connectivity index (χ4v) is 14.8. The van der Waals surface area contributed by atoms with Crippen LogP contribution < -0.4 is 19.7 Å². The predicted octanol–water partition coefficient (Wildman–Crippen LogP) is 8.20. The first kappa shape index (κ1) is 39.3. The monoisotopic (exact) mass is 770 g/mol. The number of nitrogens with zero attached hydrogens (tertiary/aromatic N) is 5. The molecule has 3 fully saturated rings. The van der Waals surface area contributed by atoms with Crippen molar-refractivity contribution in [2.45, 2.75) is 77.4 Å². The van der Waals surface area contributed by atoms with Crippen LogP contribution >= 0.6 is 0 Å². The Morgan fingerprint density at radius 2 is 1.65 bits per heavy atom. The minimum Gasteiger partial charge on any atom is -0.468 e. The van der Waals surface area contributed by atoms with E-state index in [1.165, 1.54) is 25.3 Å². The molecule has 55 heavy (non-hydrogen) atoms. The highest BCUT2D eigenvalue weighted by molar-refractivity contribution is 6.90. The van der Waals surface area contributed by atoms with Crippen molar-refractivity contribution in [2.24, 2.45) is 11.8 Å². The van der Waals surface area contributed by atoms with Crippen molar-refractivity contribution in [1.29, 1.82) is 0 Å². The molecule has 4 aromatic rings. The van der Waals surface area contributed by atoms with Crippen LogP contribution in [0.25, 0.3) is 32.9 Å². The summed E-state index contributed by atoms with van der Waals surface area (Å²) in [6.07, 6.45) is 5.27. The SMILES string of the molecule is COCOc1cc(-c2ncc3c(N4CC5CCC(C5)C4)nc(OCCN4CCNCC4)nc3c2F)c2c(C#C[Si](C(C)C)(C(C)C)C(C)C)c(F)ccc2c1. The van der Waals surface area contributed by atoms with Gasteiger partial charge in [-0.3, -0.25) is 9.88 Å². The molecule has 4 heterocycles. The van der Waals surface area contributed by atoms with E-state index >= 15 is 8.78 Å². The van der Waals surface area contributed by atoms with Gasteiger partial charge < -0.3 is 24.4 Å². The number of hydrogen-bond acceptors (Lipinski definition) is 9. The lowest BCUT2D eigenvalue weighted by molar-refractivity contribution is 0.0512. The smallest absolute Gasteiger partial charge is 0.319 e. The van der Waals surface area contributed by atoms with Crippen molar-refractivity contribution < 1.29 is 23.0 Å². The van der Waals surface area contributed by atoms with Crippen LogP contribution in [-0.2, 0) is 4.74 Å².